The molecule has 4 rings (SSSR count). The van der Waals surface area contributed by atoms with Crippen molar-refractivity contribution in [3.05, 3.63) is 52.4 Å². The first-order valence-electron chi connectivity index (χ1n) is 9.03. The molecule has 1 aliphatic heterocycles. The van der Waals surface area contributed by atoms with E-state index in [9.17, 15) is 4.79 Å². The zero-order valence-electron chi connectivity index (χ0n) is 16.0. The van der Waals surface area contributed by atoms with Gasteiger partial charge in [0.1, 0.15) is 11.4 Å². The Morgan fingerprint density at radius 1 is 1.14 bits per heavy atom. The van der Waals surface area contributed by atoms with Crippen LogP contribution in [-0.4, -0.2) is 33.5 Å². The molecule has 0 atom stereocenters. The third-order valence-electron chi connectivity index (χ3n) is 4.72. The standard InChI is InChI=1S/C20H21ClN4O3/c1-12-5-6-13(2)25(12)20-14(11-22-24(20)3)19(26)23-16-10-18-17(9-15(16)21)27-7-4-8-28-18/h5-6,9-11H,4,7-8H2,1-3H3,(H,23,26). The molecule has 1 aliphatic rings. The first kappa shape index (κ1) is 18.4. The van der Waals surface area contributed by atoms with Crippen LogP contribution in [0.15, 0.2) is 30.5 Å². The van der Waals surface area contributed by atoms with Crippen LogP contribution in [0, 0.1) is 13.8 Å². The first-order chi connectivity index (χ1) is 13.5. The molecule has 0 bridgehead atoms. The third-order valence-corrected chi connectivity index (χ3v) is 5.03. The van der Waals surface area contributed by atoms with Gasteiger partial charge in [-0.05, 0) is 26.0 Å². The zero-order chi connectivity index (χ0) is 19.8. The smallest absolute Gasteiger partial charge is 0.261 e. The van der Waals surface area contributed by atoms with Crippen LogP contribution >= 0.6 is 11.6 Å². The number of anilines is 1. The predicted molar refractivity (Wildman–Crippen MR) is 107 cm³/mol. The quantitative estimate of drug-likeness (QED) is 0.724. The fourth-order valence-corrected chi connectivity index (χ4v) is 3.53. The minimum atomic E-state index is -0.299. The molecule has 2 aromatic heterocycles. The van der Waals surface area contributed by atoms with E-state index in [4.69, 9.17) is 21.1 Å². The number of fused-ring (bicyclic) bond motifs is 1. The van der Waals surface area contributed by atoms with Crippen molar-refractivity contribution < 1.29 is 14.3 Å². The Morgan fingerprint density at radius 2 is 1.79 bits per heavy atom. The van der Waals surface area contributed by atoms with Gasteiger partial charge in [0.15, 0.2) is 11.5 Å². The average molecular weight is 401 g/mol. The molecule has 0 saturated heterocycles. The molecule has 1 aromatic carbocycles. The van der Waals surface area contributed by atoms with E-state index in [1.807, 2.05) is 37.6 Å². The summed E-state index contributed by atoms with van der Waals surface area (Å²) >= 11 is 6.36. The first-order valence-corrected chi connectivity index (χ1v) is 9.41. The van der Waals surface area contributed by atoms with Crippen molar-refractivity contribution in [3.8, 4) is 17.3 Å². The number of carbonyl (C=O) groups is 1. The lowest BCUT2D eigenvalue weighted by atomic mass is 10.2. The number of hydrogen-bond acceptors (Lipinski definition) is 4. The molecule has 0 aliphatic carbocycles. The molecular formula is C20H21ClN4O3. The Hall–Kier alpha value is -2.93. The van der Waals surface area contributed by atoms with Crippen molar-refractivity contribution in [2.75, 3.05) is 18.5 Å². The lowest BCUT2D eigenvalue weighted by molar-refractivity contribution is 0.102. The van der Waals surface area contributed by atoms with Gasteiger partial charge >= 0.3 is 0 Å². The van der Waals surface area contributed by atoms with E-state index in [0.29, 0.717) is 46.8 Å². The number of halogens is 1. The van der Waals surface area contributed by atoms with Gasteiger partial charge in [0.25, 0.3) is 5.91 Å². The van der Waals surface area contributed by atoms with Crippen molar-refractivity contribution in [1.82, 2.24) is 14.3 Å². The lowest BCUT2D eigenvalue weighted by Crippen LogP contribution is -2.16. The van der Waals surface area contributed by atoms with Crippen molar-refractivity contribution in [2.24, 2.45) is 7.05 Å². The van der Waals surface area contributed by atoms with Crippen LogP contribution < -0.4 is 14.8 Å². The van der Waals surface area contributed by atoms with Crippen molar-refractivity contribution in [3.63, 3.8) is 0 Å². The van der Waals surface area contributed by atoms with Crippen LogP contribution in [0.2, 0.25) is 5.02 Å². The van der Waals surface area contributed by atoms with Crippen LogP contribution in [-0.2, 0) is 7.05 Å². The molecule has 7 nitrogen and oxygen atoms in total. The number of rotatable bonds is 3. The number of hydrogen-bond donors (Lipinski definition) is 1. The SMILES string of the molecule is Cc1ccc(C)n1-c1c(C(=O)Nc2cc3c(cc2Cl)OCCCO3)cnn1C. The van der Waals surface area contributed by atoms with Crippen LogP contribution in [0.1, 0.15) is 28.2 Å². The summed E-state index contributed by atoms with van der Waals surface area (Å²) in [6, 6.07) is 7.38. The second-order valence-corrected chi connectivity index (χ2v) is 7.15. The molecule has 3 heterocycles. The number of aromatic nitrogens is 3. The molecule has 28 heavy (non-hydrogen) atoms. The van der Waals surface area contributed by atoms with Crippen LogP contribution in [0.3, 0.4) is 0 Å². The summed E-state index contributed by atoms with van der Waals surface area (Å²) in [6.07, 6.45) is 2.35. The van der Waals surface area contributed by atoms with E-state index < -0.39 is 0 Å². The Morgan fingerprint density at radius 3 is 2.46 bits per heavy atom. The third kappa shape index (κ3) is 3.22. The van der Waals surface area contributed by atoms with Gasteiger partial charge in [0, 0.05) is 37.0 Å². The second-order valence-electron chi connectivity index (χ2n) is 6.74. The molecule has 0 radical (unpaired) electrons. The molecule has 8 heteroatoms. The Bertz CT molecular complexity index is 1030. The van der Waals surface area contributed by atoms with Gasteiger partial charge in [-0.1, -0.05) is 11.6 Å². The number of benzene rings is 1. The number of nitrogens with one attached hydrogen (secondary N) is 1. The molecule has 0 spiro atoms. The molecule has 3 aromatic rings. The summed E-state index contributed by atoms with van der Waals surface area (Å²) in [5, 5.41) is 7.54. The maximum absolute atomic E-state index is 13.0. The molecule has 146 valence electrons. The molecule has 0 fully saturated rings. The minimum absolute atomic E-state index is 0.299. The van der Waals surface area contributed by atoms with Gasteiger partial charge < -0.3 is 19.4 Å². The molecule has 0 unspecified atom stereocenters. The average Bonchev–Trinajstić information content (AvgIpc) is 3.09. The second kappa shape index (κ2) is 7.24. The van der Waals surface area contributed by atoms with E-state index in [0.717, 1.165) is 17.8 Å². The van der Waals surface area contributed by atoms with Crippen LogP contribution in [0.4, 0.5) is 5.69 Å². The fraction of sp³-hybridized carbons (Fsp3) is 0.300. The maximum Gasteiger partial charge on any atom is 0.261 e. The summed E-state index contributed by atoms with van der Waals surface area (Å²) < 4.78 is 15.0. The summed E-state index contributed by atoms with van der Waals surface area (Å²) in [6.45, 7) is 5.11. The highest BCUT2D eigenvalue weighted by Gasteiger charge is 2.22. The number of amides is 1. The van der Waals surface area contributed by atoms with E-state index >= 15 is 0 Å². The molecule has 1 N–H and O–H groups in total. The van der Waals surface area contributed by atoms with Crippen molar-refractivity contribution in [2.45, 2.75) is 20.3 Å². The maximum atomic E-state index is 13.0. The highest BCUT2D eigenvalue weighted by molar-refractivity contribution is 6.34. The highest BCUT2D eigenvalue weighted by Crippen LogP contribution is 2.38. The van der Waals surface area contributed by atoms with Gasteiger partial charge in [0.05, 0.1) is 30.1 Å². The van der Waals surface area contributed by atoms with Gasteiger partial charge in [-0.3, -0.25) is 9.48 Å². The normalized spacial score (nSPS) is 13.3. The predicted octanol–water partition coefficient (Wildman–Crippen LogP) is 3.89. The van der Waals surface area contributed by atoms with E-state index in [-0.39, 0.29) is 5.91 Å². The summed E-state index contributed by atoms with van der Waals surface area (Å²) in [4.78, 5) is 13.0. The summed E-state index contributed by atoms with van der Waals surface area (Å²) in [7, 11) is 1.81. The van der Waals surface area contributed by atoms with E-state index in [1.165, 1.54) is 0 Å². The Labute approximate surface area is 167 Å². The van der Waals surface area contributed by atoms with Crippen LogP contribution in [0.25, 0.3) is 5.82 Å². The van der Waals surface area contributed by atoms with Crippen molar-refractivity contribution in [1.29, 1.82) is 0 Å². The molecular weight excluding hydrogens is 380 g/mol. The lowest BCUT2D eigenvalue weighted by Gasteiger charge is -2.14. The highest BCUT2D eigenvalue weighted by atomic mass is 35.5. The summed E-state index contributed by atoms with van der Waals surface area (Å²) in [5.74, 6) is 1.55. The number of aryl methyl sites for hydroxylation is 3. The Balaban J connectivity index is 1.68. The fourth-order valence-electron chi connectivity index (χ4n) is 3.33. The van der Waals surface area contributed by atoms with E-state index in [2.05, 4.69) is 10.4 Å². The van der Waals surface area contributed by atoms with Gasteiger partial charge in [-0.2, -0.15) is 5.10 Å². The van der Waals surface area contributed by atoms with Gasteiger partial charge in [0.2, 0.25) is 0 Å². The molecule has 1 amide bonds. The number of carbonyl (C=O) groups excluding carboxylic acids is 1. The van der Waals surface area contributed by atoms with Gasteiger partial charge in [-0.15, -0.1) is 0 Å². The van der Waals surface area contributed by atoms with Gasteiger partial charge in [-0.25, -0.2) is 0 Å². The minimum Gasteiger partial charge on any atom is -0.490 e. The van der Waals surface area contributed by atoms with Crippen LogP contribution in [0.5, 0.6) is 11.5 Å². The largest absolute Gasteiger partial charge is 0.490 e. The number of ether oxygens (including phenoxy) is 2. The number of nitrogens with zero attached hydrogens (tertiary/aromatic N) is 3. The van der Waals surface area contributed by atoms with E-state index in [1.54, 1.807) is 23.0 Å². The summed E-state index contributed by atoms with van der Waals surface area (Å²) in [5.41, 5.74) is 2.95. The van der Waals surface area contributed by atoms with Crippen molar-refractivity contribution >= 4 is 23.2 Å². The zero-order valence-corrected chi connectivity index (χ0v) is 16.7. The monoisotopic (exact) mass is 400 g/mol. The topological polar surface area (TPSA) is 70.3 Å². The molecule has 0 saturated carbocycles. The Kier molecular flexibility index (Phi) is 4.77.